The van der Waals surface area contributed by atoms with Gasteiger partial charge in [-0.1, -0.05) is 12.1 Å². The second-order valence-corrected chi connectivity index (χ2v) is 9.24. The standard InChI is InChI=1S/C20H27N3O8S/c1-12(13-2-4-14(5-3-13)23-6-8-30-9-7-23)16(10-21)32(28,29)22-17-19(26)18(25)15(11-24)31-20(17)27/h2-5,15,17-20,22,24-27H,6-9,11H2,1H3/b16-12+/t15-,17-,18-,19-,20?/m1/s1. The average molecular weight is 470 g/mol. The molecule has 0 aliphatic carbocycles. The predicted molar refractivity (Wildman–Crippen MR) is 114 cm³/mol. The largest absolute Gasteiger partial charge is 0.394 e. The maximum atomic E-state index is 12.9. The number of hydrogen-bond acceptors (Lipinski definition) is 10. The van der Waals surface area contributed by atoms with Crippen molar-refractivity contribution in [3.8, 4) is 6.07 Å². The van der Waals surface area contributed by atoms with Gasteiger partial charge in [0.1, 0.15) is 30.4 Å². The van der Waals surface area contributed by atoms with E-state index in [1.807, 2.05) is 16.9 Å². The van der Waals surface area contributed by atoms with E-state index in [0.717, 1.165) is 18.8 Å². The van der Waals surface area contributed by atoms with Gasteiger partial charge in [-0.05, 0) is 30.2 Å². The van der Waals surface area contributed by atoms with E-state index in [4.69, 9.17) is 14.6 Å². The van der Waals surface area contributed by atoms with E-state index in [1.165, 1.54) is 6.92 Å². The molecule has 3 rings (SSSR count). The lowest BCUT2D eigenvalue weighted by molar-refractivity contribution is -0.251. The Morgan fingerprint density at radius 1 is 1.19 bits per heavy atom. The molecule has 11 nitrogen and oxygen atoms in total. The Kier molecular flexibility index (Phi) is 7.86. The minimum Gasteiger partial charge on any atom is -0.394 e. The number of benzene rings is 1. The smallest absolute Gasteiger partial charge is 0.251 e. The third kappa shape index (κ3) is 5.11. The van der Waals surface area contributed by atoms with Crippen molar-refractivity contribution in [2.24, 2.45) is 0 Å². The van der Waals surface area contributed by atoms with Gasteiger partial charge in [0.25, 0.3) is 10.0 Å². The Morgan fingerprint density at radius 2 is 1.81 bits per heavy atom. The zero-order valence-corrected chi connectivity index (χ0v) is 18.3. The quantitative estimate of drug-likeness (QED) is 0.309. The lowest BCUT2D eigenvalue weighted by atomic mass is 9.98. The molecule has 1 aromatic carbocycles. The fourth-order valence-electron chi connectivity index (χ4n) is 3.68. The summed E-state index contributed by atoms with van der Waals surface area (Å²) in [5.74, 6) is 0. The van der Waals surface area contributed by atoms with Gasteiger partial charge in [-0.2, -0.15) is 9.98 Å². The Morgan fingerprint density at radius 3 is 2.38 bits per heavy atom. The van der Waals surface area contributed by atoms with Crippen LogP contribution in [0.15, 0.2) is 29.2 Å². The molecule has 5 atom stereocenters. The first-order valence-corrected chi connectivity index (χ1v) is 11.5. The molecular weight excluding hydrogens is 442 g/mol. The van der Waals surface area contributed by atoms with Gasteiger partial charge in [0.15, 0.2) is 11.2 Å². The van der Waals surface area contributed by atoms with Crippen molar-refractivity contribution in [3.05, 3.63) is 34.7 Å². The summed E-state index contributed by atoms with van der Waals surface area (Å²) in [6.07, 6.45) is -6.52. The number of anilines is 1. The highest BCUT2D eigenvalue weighted by atomic mass is 32.2. The fourth-order valence-corrected chi connectivity index (χ4v) is 5.06. The highest BCUT2D eigenvalue weighted by Crippen LogP contribution is 2.26. The summed E-state index contributed by atoms with van der Waals surface area (Å²) in [5.41, 5.74) is 1.62. The van der Waals surface area contributed by atoms with E-state index < -0.39 is 52.2 Å². The van der Waals surface area contributed by atoms with Gasteiger partial charge in [0.2, 0.25) is 0 Å². The molecular formula is C20H27N3O8S. The van der Waals surface area contributed by atoms with E-state index in [9.17, 15) is 29.0 Å². The molecule has 2 aliphatic heterocycles. The minimum absolute atomic E-state index is 0.169. The minimum atomic E-state index is -4.50. The van der Waals surface area contributed by atoms with Crippen molar-refractivity contribution in [2.75, 3.05) is 37.8 Å². The summed E-state index contributed by atoms with van der Waals surface area (Å²) >= 11 is 0. The Labute approximate surface area is 186 Å². The first-order chi connectivity index (χ1) is 15.2. The van der Waals surface area contributed by atoms with Crippen molar-refractivity contribution < 1.29 is 38.3 Å². The monoisotopic (exact) mass is 469 g/mol. The molecule has 0 radical (unpaired) electrons. The number of ether oxygens (including phenoxy) is 2. The molecule has 0 amide bonds. The summed E-state index contributed by atoms with van der Waals surface area (Å²) in [4.78, 5) is 1.53. The molecule has 2 saturated heterocycles. The second kappa shape index (κ2) is 10.2. The van der Waals surface area contributed by atoms with Crippen molar-refractivity contribution in [1.82, 2.24) is 4.72 Å². The first kappa shape index (κ1) is 24.6. The number of aliphatic hydroxyl groups is 4. The van der Waals surface area contributed by atoms with Gasteiger partial charge in [-0.15, -0.1) is 0 Å². The molecule has 0 aromatic heterocycles. The Balaban J connectivity index is 1.83. The van der Waals surface area contributed by atoms with Gasteiger partial charge in [-0.25, -0.2) is 8.42 Å². The van der Waals surface area contributed by atoms with Gasteiger partial charge < -0.3 is 34.8 Å². The van der Waals surface area contributed by atoms with Crippen molar-refractivity contribution >= 4 is 21.3 Å². The Bertz CT molecular complexity index is 970. The highest BCUT2D eigenvalue weighted by Gasteiger charge is 2.45. The average Bonchev–Trinajstić information content (AvgIpc) is 2.80. The molecule has 0 bridgehead atoms. The third-order valence-electron chi connectivity index (χ3n) is 5.58. The van der Waals surface area contributed by atoms with E-state index in [-0.39, 0.29) is 5.57 Å². The summed E-state index contributed by atoms with van der Waals surface area (Å²) in [5, 5.41) is 48.9. The number of nitriles is 1. The van der Waals surface area contributed by atoms with E-state index in [0.29, 0.717) is 18.8 Å². The predicted octanol–water partition coefficient (Wildman–Crippen LogP) is -1.50. The molecule has 1 aromatic rings. The lowest BCUT2D eigenvalue weighted by Gasteiger charge is -2.40. The van der Waals surface area contributed by atoms with Crippen LogP contribution in [0, 0.1) is 11.3 Å². The molecule has 0 spiro atoms. The molecule has 2 fully saturated rings. The fraction of sp³-hybridized carbons (Fsp3) is 0.550. The summed E-state index contributed by atoms with van der Waals surface area (Å²) in [6, 6.07) is 7.09. The lowest BCUT2D eigenvalue weighted by Crippen LogP contribution is -2.64. The number of aliphatic hydroxyl groups excluding tert-OH is 4. The SMILES string of the molecule is C/C(=C(/C#N)S(=O)(=O)N[C@H]1C(O)O[C@H](CO)[C@@H](O)[C@@H]1O)c1ccc(N2CCOCC2)cc1. The zero-order chi connectivity index (χ0) is 23.5. The third-order valence-corrected chi connectivity index (χ3v) is 7.10. The van der Waals surface area contributed by atoms with Gasteiger partial charge in [-0.3, -0.25) is 0 Å². The number of allylic oxidation sites excluding steroid dienone is 2. The topological polar surface area (TPSA) is 173 Å². The molecule has 176 valence electrons. The molecule has 32 heavy (non-hydrogen) atoms. The van der Waals surface area contributed by atoms with Crippen molar-refractivity contribution in [2.45, 2.75) is 37.6 Å². The van der Waals surface area contributed by atoms with E-state index >= 15 is 0 Å². The van der Waals surface area contributed by atoms with Crippen molar-refractivity contribution in [3.63, 3.8) is 0 Å². The molecule has 2 heterocycles. The van der Waals surface area contributed by atoms with Gasteiger partial charge in [0.05, 0.1) is 19.8 Å². The number of nitrogens with zero attached hydrogens (tertiary/aromatic N) is 2. The van der Waals surface area contributed by atoms with Crippen LogP contribution in [-0.4, -0.2) is 92.4 Å². The molecule has 5 N–H and O–H groups in total. The number of nitrogens with one attached hydrogen (secondary N) is 1. The number of sulfonamides is 1. The van der Waals surface area contributed by atoms with Gasteiger partial charge >= 0.3 is 0 Å². The van der Waals surface area contributed by atoms with Crippen LogP contribution in [0.1, 0.15) is 12.5 Å². The second-order valence-electron chi connectivity index (χ2n) is 7.59. The highest BCUT2D eigenvalue weighted by molar-refractivity contribution is 7.93. The van der Waals surface area contributed by atoms with Crippen LogP contribution >= 0.6 is 0 Å². The Hall–Kier alpha value is -2.08. The summed E-state index contributed by atoms with van der Waals surface area (Å²) in [7, 11) is -4.50. The van der Waals surface area contributed by atoms with Crippen LogP contribution in [0.5, 0.6) is 0 Å². The van der Waals surface area contributed by atoms with Crippen molar-refractivity contribution in [1.29, 1.82) is 5.26 Å². The summed E-state index contributed by atoms with van der Waals surface area (Å²) < 4.78 is 38.1. The van der Waals surface area contributed by atoms with Gasteiger partial charge in [0, 0.05) is 18.8 Å². The molecule has 2 aliphatic rings. The van der Waals surface area contributed by atoms with E-state index in [2.05, 4.69) is 4.90 Å². The van der Waals surface area contributed by atoms with Crippen LogP contribution < -0.4 is 9.62 Å². The van der Waals surface area contributed by atoms with Crippen LogP contribution in [-0.2, 0) is 19.5 Å². The van der Waals surface area contributed by atoms with Crippen LogP contribution in [0.2, 0.25) is 0 Å². The number of morpholine rings is 1. The number of rotatable bonds is 6. The maximum Gasteiger partial charge on any atom is 0.251 e. The van der Waals surface area contributed by atoms with E-state index in [1.54, 1.807) is 18.2 Å². The normalized spacial score (nSPS) is 29.9. The molecule has 12 heteroatoms. The maximum absolute atomic E-state index is 12.9. The van der Waals surface area contributed by atoms with Crippen LogP contribution in [0.25, 0.3) is 5.57 Å². The molecule has 1 unspecified atom stereocenters. The summed E-state index contributed by atoms with van der Waals surface area (Å²) in [6.45, 7) is 3.53. The first-order valence-electron chi connectivity index (χ1n) is 10.1. The zero-order valence-electron chi connectivity index (χ0n) is 17.5. The van der Waals surface area contributed by atoms with Crippen LogP contribution in [0.4, 0.5) is 5.69 Å². The molecule has 0 saturated carbocycles. The number of hydrogen-bond donors (Lipinski definition) is 5. The van der Waals surface area contributed by atoms with Crippen LogP contribution in [0.3, 0.4) is 0 Å².